The van der Waals surface area contributed by atoms with Crippen LogP contribution in [0.3, 0.4) is 0 Å². The van der Waals surface area contributed by atoms with Crippen LogP contribution in [-0.2, 0) is 4.79 Å². The lowest BCUT2D eigenvalue weighted by molar-refractivity contribution is -0.119. The molecular weight excluding hydrogens is 336 g/mol. The fraction of sp³-hybridized carbons (Fsp3) is 0.267. The van der Waals surface area contributed by atoms with E-state index >= 15 is 0 Å². The van der Waals surface area contributed by atoms with Gasteiger partial charge in [0.25, 0.3) is 0 Å². The van der Waals surface area contributed by atoms with Gasteiger partial charge in [-0.05, 0) is 31.5 Å². The average Bonchev–Trinajstić information content (AvgIpc) is 2.97. The van der Waals surface area contributed by atoms with E-state index in [1.807, 2.05) is 35.9 Å². The molecule has 0 bridgehead atoms. The summed E-state index contributed by atoms with van der Waals surface area (Å²) < 4.78 is 1.87. The third-order valence-corrected chi connectivity index (χ3v) is 4.71. The molecule has 0 aliphatic carbocycles. The van der Waals surface area contributed by atoms with E-state index in [1.54, 1.807) is 13.1 Å². The van der Waals surface area contributed by atoms with E-state index < -0.39 is 11.3 Å². The number of hydrogen-bond donors (Lipinski definition) is 2. The highest BCUT2D eigenvalue weighted by Gasteiger charge is 2.19. The van der Waals surface area contributed by atoms with Crippen LogP contribution in [-0.4, -0.2) is 33.8 Å². The fourth-order valence-electron chi connectivity index (χ4n) is 1.91. The number of halogens is 1. The van der Waals surface area contributed by atoms with Gasteiger partial charge >= 0.3 is 6.03 Å². The van der Waals surface area contributed by atoms with E-state index in [1.165, 1.54) is 18.8 Å². The van der Waals surface area contributed by atoms with Crippen molar-refractivity contribution in [2.45, 2.75) is 24.3 Å². The third-order valence-electron chi connectivity index (χ3n) is 3.22. The van der Waals surface area contributed by atoms with Crippen molar-refractivity contribution in [3.05, 3.63) is 41.2 Å². The van der Waals surface area contributed by atoms with Gasteiger partial charge in [0.1, 0.15) is 0 Å². The van der Waals surface area contributed by atoms with Crippen molar-refractivity contribution in [3.63, 3.8) is 0 Å². The third kappa shape index (κ3) is 4.05. The first-order valence-electron chi connectivity index (χ1n) is 6.92. The number of nitrogens with zero attached hydrogens (tertiary/aromatic N) is 2. The van der Waals surface area contributed by atoms with Crippen molar-refractivity contribution in [3.8, 4) is 5.69 Å². The molecule has 1 heterocycles. The second-order valence-corrected chi connectivity index (χ2v) is 6.51. The van der Waals surface area contributed by atoms with E-state index in [9.17, 15) is 9.59 Å². The number of benzene rings is 1. The van der Waals surface area contributed by atoms with Crippen molar-refractivity contribution in [1.29, 1.82) is 0 Å². The van der Waals surface area contributed by atoms with Gasteiger partial charge in [0, 0.05) is 24.5 Å². The molecule has 1 atom stereocenters. The number of nitrogens with one attached hydrogen (secondary N) is 2. The first-order chi connectivity index (χ1) is 10.9. The summed E-state index contributed by atoms with van der Waals surface area (Å²) >= 11 is 7.43. The average molecular weight is 353 g/mol. The summed E-state index contributed by atoms with van der Waals surface area (Å²) in [4.78, 5) is 27.5. The quantitative estimate of drug-likeness (QED) is 0.829. The number of carbonyl (C=O) groups is 2. The minimum absolute atomic E-state index is 0.383. The minimum Gasteiger partial charge on any atom is -0.341 e. The van der Waals surface area contributed by atoms with Gasteiger partial charge in [-0.15, -0.1) is 0 Å². The van der Waals surface area contributed by atoms with Crippen LogP contribution in [0.5, 0.6) is 0 Å². The summed E-state index contributed by atoms with van der Waals surface area (Å²) in [5.74, 6) is -0.383. The van der Waals surface area contributed by atoms with Gasteiger partial charge in [-0.1, -0.05) is 29.4 Å². The Hall–Kier alpha value is -1.99. The van der Waals surface area contributed by atoms with Crippen LogP contribution in [0.1, 0.15) is 12.5 Å². The number of urea groups is 1. The van der Waals surface area contributed by atoms with Crippen molar-refractivity contribution >= 4 is 35.3 Å². The highest BCUT2D eigenvalue weighted by Crippen LogP contribution is 2.28. The maximum atomic E-state index is 12.0. The van der Waals surface area contributed by atoms with Gasteiger partial charge in [0.05, 0.1) is 10.9 Å². The van der Waals surface area contributed by atoms with Gasteiger partial charge in [0.2, 0.25) is 5.91 Å². The highest BCUT2D eigenvalue weighted by molar-refractivity contribution is 8.00. The molecule has 0 saturated heterocycles. The topological polar surface area (TPSA) is 76.0 Å². The Kier molecular flexibility index (Phi) is 5.68. The molecule has 0 aliphatic heterocycles. The predicted octanol–water partition coefficient (Wildman–Crippen LogP) is 2.77. The second-order valence-electron chi connectivity index (χ2n) is 4.79. The zero-order valence-electron chi connectivity index (χ0n) is 13.0. The molecule has 8 heteroatoms. The number of rotatable bonds is 4. The van der Waals surface area contributed by atoms with Crippen LogP contribution in [0.25, 0.3) is 5.69 Å². The Morgan fingerprint density at radius 1 is 1.39 bits per heavy atom. The molecule has 6 nitrogen and oxygen atoms in total. The summed E-state index contributed by atoms with van der Waals surface area (Å²) in [5.41, 5.74) is 1.83. The van der Waals surface area contributed by atoms with Crippen LogP contribution in [0.4, 0.5) is 4.79 Å². The molecule has 0 aliphatic rings. The van der Waals surface area contributed by atoms with Crippen molar-refractivity contribution in [2.75, 3.05) is 7.05 Å². The van der Waals surface area contributed by atoms with Gasteiger partial charge in [-0.2, -0.15) is 0 Å². The van der Waals surface area contributed by atoms with E-state index in [0.29, 0.717) is 10.2 Å². The van der Waals surface area contributed by atoms with Crippen LogP contribution in [0.2, 0.25) is 5.02 Å². The summed E-state index contributed by atoms with van der Waals surface area (Å²) in [5, 5.41) is 5.43. The Labute approximate surface area is 143 Å². The first kappa shape index (κ1) is 17.4. The Balaban J connectivity index is 2.20. The highest BCUT2D eigenvalue weighted by atomic mass is 35.5. The van der Waals surface area contributed by atoms with Crippen LogP contribution >= 0.6 is 23.4 Å². The zero-order chi connectivity index (χ0) is 17.0. The number of amides is 3. The van der Waals surface area contributed by atoms with Crippen molar-refractivity contribution < 1.29 is 9.59 Å². The Morgan fingerprint density at radius 2 is 2.13 bits per heavy atom. The summed E-state index contributed by atoms with van der Waals surface area (Å²) in [7, 11) is 1.45. The zero-order valence-corrected chi connectivity index (χ0v) is 14.5. The molecule has 1 aromatic carbocycles. The number of aromatic nitrogens is 2. The number of imide groups is 1. The van der Waals surface area contributed by atoms with E-state index in [2.05, 4.69) is 15.6 Å². The Bertz CT molecular complexity index is 732. The standard InChI is InChI=1S/C15H17ClN4O2S/c1-9-11(16)5-4-6-12(9)20-8-7-18-15(20)23-10(2)13(21)19-14(22)17-3/h4-8,10H,1-3H3,(H2,17,19,21,22). The normalized spacial score (nSPS) is 11.8. The number of thioether (sulfide) groups is 1. The van der Waals surface area contributed by atoms with Crippen LogP contribution in [0, 0.1) is 6.92 Å². The van der Waals surface area contributed by atoms with Crippen molar-refractivity contribution in [2.24, 2.45) is 0 Å². The molecule has 0 fully saturated rings. The number of hydrogen-bond acceptors (Lipinski definition) is 4. The maximum absolute atomic E-state index is 12.0. The molecule has 2 N–H and O–H groups in total. The second kappa shape index (κ2) is 7.52. The molecule has 23 heavy (non-hydrogen) atoms. The van der Waals surface area contributed by atoms with Gasteiger partial charge in [-0.25, -0.2) is 9.78 Å². The monoisotopic (exact) mass is 352 g/mol. The Morgan fingerprint density at radius 3 is 2.83 bits per heavy atom. The summed E-state index contributed by atoms with van der Waals surface area (Å²) in [6, 6.07) is 5.09. The summed E-state index contributed by atoms with van der Waals surface area (Å²) in [6.45, 7) is 3.64. The van der Waals surface area contributed by atoms with Gasteiger partial charge in [0.15, 0.2) is 5.16 Å². The lowest BCUT2D eigenvalue weighted by Gasteiger charge is -2.14. The largest absolute Gasteiger partial charge is 0.341 e. The maximum Gasteiger partial charge on any atom is 0.321 e. The minimum atomic E-state index is -0.531. The van der Waals surface area contributed by atoms with E-state index in [0.717, 1.165) is 11.3 Å². The molecule has 1 unspecified atom stereocenters. The lowest BCUT2D eigenvalue weighted by Crippen LogP contribution is -2.41. The van der Waals surface area contributed by atoms with Crippen LogP contribution < -0.4 is 10.6 Å². The van der Waals surface area contributed by atoms with Crippen LogP contribution in [0.15, 0.2) is 35.7 Å². The molecule has 0 saturated carbocycles. The molecular formula is C15H17ClN4O2S. The molecule has 0 spiro atoms. The molecule has 1 aromatic heterocycles. The summed E-state index contributed by atoms with van der Waals surface area (Å²) in [6.07, 6.45) is 3.47. The van der Waals surface area contributed by atoms with Gasteiger partial charge < -0.3 is 5.32 Å². The number of imidazole rings is 1. The number of carbonyl (C=O) groups excluding carboxylic acids is 2. The SMILES string of the molecule is CNC(=O)NC(=O)C(C)Sc1nccn1-c1cccc(Cl)c1C. The molecule has 0 radical (unpaired) electrons. The molecule has 2 aromatic rings. The van der Waals surface area contributed by atoms with E-state index in [4.69, 9.17) is 11.6 Å². The first-order valence-corrected chi connectivity index (χ1v) is 8.18. The smallest absolute Gasteiger partial charge is 0.321 e. The molecule has 122 valence electrons. The predicted molar refractivity (Wildman–Crippen MR) is 91.2 cm³/mol. The lowest BCUT2D eigenvalue weighted by atomic mass is 10.2. The van der Waals surface area contributed by atoms with Gasteiger partial charge in [-0.3, -0.25) is 14.7 Å². The van der Waals surface area contributed by atoms with Crippen molar-refractivity contribution in [1.82, 2.24) is 20.2 Å². The van der Waals surface area contributed by atoms with E-state index in [-0.39, 0.29) is 5.91 Å². The fourth-order valence-corrected chi connectivity index (χ4v) is 2.95. The molecule has 2 rings (SSSR count). The molecule has 3 amide bonds.